The number of methoxy groups -OCH3 is 1. The van der Waals surface area contributed by atoms with Gasteiger partial charge in [0.2, 0.25) is 0 Å². The Kier molecular flexibility index (Phi) is 8.74. The Hall–Kier alpha value is -2.78. The third-order valence-electron chi connectivity index (χ3n) is 6.50. The van der Waals surface area contributed by atoms with E-state index in [0.29, 0.717) is 48.4 Å². The number of aromatic nitrogens is 2. The van der Waals surface area contributed by atoms with E-state index in [1.165, 1.54) is 0 Å². The second-order valence-electron chi connectivity index (χ2n) is 9.22. The van der Waals surface area contributed by atoms with Gasteiger partial charge in [-0.15, -0.1) is 0 Å². The van der Waals surface area contributed by atoms with Crippen LogP contribution in [0.2, 0.25) is 5.02 Å². The largest absolute Gasteiger partial charge is 0.493 e. The van der Waals surface area contributed by atoms with Gasteiger partial charge in [0.25, 0.3) is 0 Å². The zero-order chi connectivity index (χ0) is 25.5. The molecule has 0 bridgehead atoms. The molecule has 1 fully saturated rings. The fourth-order valence-electron chi connectivity index (χ4n) is 4.41. The number of ether oxygens (including phenoxy) is 3. The lowest BCUT2D eigenvalue weighted by atomic mass is 9.90. The first kappa shape index (κ1) is 26.3. The van der Waals surface area contributed by atoms with Crippen molar-refractivity contribution in [1.29, 1.82) is 0 Å². The van der Waals surface area contributed by atoms with Crippen LogP contribution < -0.4 is 14.2 Å². The van der Waals surface area contributed by atoms with E-state index in [-0.39, 0.29) is 13.2 Å². The van der Waals surface area contributed by atoms with Gasteiger partial charge in [-0.25, -0.2) is 4.98 Å². The van der Waals surface area contributed by atoms with E-state index in [1.54, 1.807) is 37.6 Å². The summed E-state index contributed by atoms with van der Waals surface area (Å²) in [6.07, 6.45) is 4.21. The van der Waals surface area contributed by atoms with E-state index in [9.17, 15) is 10.2 Å². The zero-order valence-corrected chi connectivity index (χ0v) is 21.5. The van der Waals surface area contributed by atoms with Gasteiger partial charge in [-0.2, -0.15) is 0 Å². The van der Waals surface area contributed by atoms with Crippen molar-refractivity contribution in [2.24, 2.45) is 0 Å². The fourth-order valence-corrected chi connectivity index (χ4v) is 4.53. The van der Waals surface area contributed by atoms with Crippen molar-refractivity contribution in [3.63, 3.8) is 0 Å². The van der Waals surface area contributed by atoms with E-state index in [0.717, 1.165) is 24.4 Å². The number of piperidine rings is 1. The molecular formula is C27H34ClN3O5. The van der Waals surface area contributed by atoms with Gasteiger partial charge in [0.1, 0.15) is 23.8 Å². The Balaban J connectivity index is 1.31. The first-order valence-corrected chi connectivity index (χ1v) is 12.5. The third-order valence-corrected chi connectivity index (χ3v) is 6.75. The summed E-state index contributed by atoms with van der Waals surface area (Å²) >= 11 is 5.92. The summed E-state index contributed by atoms with van der Waals surface area (Å²) in [5.41, 5.74) is -0.343. The Morgan fingerprint density at radius 3 is 2.67 bits per heavy atom. The number of likely N-dealkylation sites (tertiary alicyclic amines) is 1. The minimum absolute atomic E-state index is 0.0129. The molecule has 2 aromatic carbocycles. The fraction of sp³-hybridized carbons (Fsp3) is 0.444. The summed E-state index contributed by atoms with van der Waals surface area (Å²) in [6.45, 7) is 4.94. The Morgan fingerprint density at radius 1 is 1.14 bits per heavy atom. The molecule has 194 valence electrons. The van der Waals surface area contributed by atoms with Crippen LogP contribution in [-0.2, 0) is 13.1 Å². The summed E-state index contributed by atoms with van der Waals surface area (Å²) in [5.74, 6) is 2.96. The normalized spacial score (nSPS) is 20.3. The first-order valence-electron chi connectivity index (χ1n) is 12.1. The van der Waals surface area contributed by atoms with Gasteiger partial charge < -0.3 is 29.0 Å². The summed E-state index contributed by atoms with van der Waals surface area (Å²) in [6, 6.07) is 12.8. The standard InChI is InChI=1S/C27H34ClN3O5/c1-20-29-11-14-31(20)12-3-15-35-24-9-4-21(16-25(24)34-2)17-30-13-10-26(32)27(33,18-30)19-36-23-7-5-22(28)6-8-23/h4-9,11,14,16,26,32-33H,3,10,12-13,15,17-19H2,1-2H3/t26-,27-/m0/s1. The van der Waals surface area contributed by atoms with Crippen molar-refractivity contribution < 1.29 is 24.4 Å². The number of aliphatic hydroxyl groups excluding tert-OH is 1. The molecule has 2 N–H and O–H groups in total. The molecule has 1 aliphatic rings. The van der Waals surface area contributed by atoms with Crippen LogP contribution in [-0.4, -0.2) is 69.8 Å². The van der Waals surface area contributed by atoms with Gasteiger partial charge in [0, 0.05) is 43.6 Å². The first-order chi connectivity index (χ1) is 17.4. The highest BCUT2D eigenvalue weighted by molar-refractivity contribution is 6.30. The van der Waals surface area contributed by atoms with Gasteiger partial charge in [0.05, 0.1) is 19.8 Å². The maximum absolute atomic E-state index is 11.2. The number of β-amino-alcohol motifs (C(OH)–C–C–N with tert-alkyl or cyclic N) is 1. The van der Waals surface area contributed by atoms with E-state index in [4.69, 9.17) is 25.8 Å². The highest BCUT2D eigenvalue weighted by Crippen LogP contribution is 2.30. The lowest BCUT2D eigenvalue weighted by molar-refractivity contribution is -0.140. The quantitative estimate of drug-likeness (QED) is 0.376. The minimum Gasteiger partial charge on any atom is -0.493 e. The monoisotopic (exact) mass is 515 g/mol. The summed E-state index contributed by atoms with van der Waals surface area (Å²) in [7, 11) is 1.63. The molecule has 36 heavy (non-hydrogen) atoms. The molecule has 0 unspecified atom stereocenters. The highest BCUT2D eigenvalue weighted by Gasteiger charge is 2.42. The van der Waals surface area contributed by atoms with Gasteiger partial charge in [-0.3, -0.25) is 4.90 Å². The Bertz CT molecular complexity index is 1120. The Labute approximate surface area is 217 Å². The number of halogens is 1. The van der Waals surface area contributed by atoms with Crippen molar-refractivity contribution in [3.8, 4) is 17.2 Å². The maximum atomic E-state index is 11.2. The van der Waals surface area contributed by atoms with Crippen LogP contribution in [0.5, 0.6) is 17.2 Å². The van der Waals surface area contributed by atoms with Crippen molar-refractivity contribution in [1.82, 2.24) is 14.5 Å². The van der Waals surface area contributed by atoms with Crippen LogP contribution in [0.4, 0.5) is 0 Å². The summed E-state index contributed by atoms with van der Waals surface area (Å²) in [4.78, 5) is 6.35. The van der Waals surface area contributed by atoms with Crippen molar-refractivity contribution in [2.45, 2.75) is 44.6 Å². The molecule has 0 spiro atoms. The predicted octanol–water partition coefficient (Wildman–Crippen LogP) is 3.70. The average Bonchev–Trinajstić information content (AvgIpc) is 3.29. The molecule has 2 heterocycles. The third kappa shape index (κ3) is 6.70. The SMILES string of the molecule is COc1cc(CN2CC[C@H](O)[C@@](O)(COc3ccc(Cl)cc3)C2)ccc1OCCCn1ccnc1C. The minimum atomic E-state index is -1.38. The molecule has 2 atom stereocenters. The molecule has 1 aromatic heterocycles. The summed E-state index contributed by atoms with van der Waals surface area (Å²) in [5, 5.41) is 22.3. The molecule has 0 aliphatic carbocycles. The van der Waals surface area contributed by atoms with Crippen LogP contribution in [0.3, 0.4) is 0 Å². The number of benzene rings is 2. The van der Waals surface area contributed by atoms with Crippen molar-refractivity contribution in [2.75, 3.05) is 33.4 Å². The topological polar surface area (TPSA) is 89.2 Å². The number of hydrogen-bond acceptors (Lipinski definition) is 7. The maximum Gasteiger partial charge on any atom is 0.161 e. The molecule has 3 aromatic rings. The van der Waals surface area contributed by atoms with Crippen LogP contribution in [0.25, 0.3) is 0 Å². The molecule has 4 rings (SSSR count). The van der Waals surface area contributed by atoms with Gasteiger partial charge in [-0.05, 0) is 61.7 Å². The average molecular weight is 516 g/mol. The number of imidazole rings is 1. The molecule has 0 radical (unpaired) electrons. The smallest absolute Gasteiger partial charge is 0.161 e. The number of nitrogens with zero attached hydrogens (tertiary/aromatic N) is 3. The van der Waals surface area contributed by atoms with E-state index in [1.807, 2.05) is 31.3 Å². The molecule has 9 heteroatoms. The van der Waals surface area contributed by atoms with Crippen LogP contribution >= 0.6 is 11.6 Å². The predicted molar refractivity (Wildman–Crippen MR) is 138 cm³/mol. The number of hydrogen-bond donors (Lipinski definition) is 2. The van der Waals surface area contributed by atoms with Gasteiger partial charge in [0.15, 0.2) is 11.5 Å². The second-order valence-corrected chi connectivity index (χ2v) is 9.65. The van der Waals surface area contributed by atoms with Crippen LogP contribution in [0.15, 0.2) is 54.9 Å². The lowest BCUT2D eigenvalue weighted by Crippen LogP contribution is -2.59. The molecule has 0 amide bonds. The molecule has 0 saturated carbocycles. The molecule has 8 nitrogen and oxygen atoms in total. The van der Waals surface area contributed by atoms with E-state index >= 15 is 0 Å². The number of rotatable bonds is 11. The van der Waals surface area contributed by atoms with E-state index < -0.39 is 11.7 Å². The molecule has 1 saturated heterocycles. The Morgan fingerprint density at radius 2 is 1.94 bits per heavy atom. The van der Waals surface area contributed by atoms with Gasteiger partial charge >= 0.3 is 0 Å². The van der Waals surface area contributed by atoms with Crippen molar-refractivity contribution >= 4 is 11.6 Å². The number of aliphatic hydroxyl groups is 2. The van der Waals surface area contributed by atoms with Crippen LogP contribution in [0.1, 0.15) is 24.2 Å². The molecule has 1 aliphatic heterocycles. The zero-order valence-electron chi connectivity index (χ0n) is 20.8. The van der Waals surface area contributed by atoms with Crippen molar-refractivity contribution in [3.05, 3.63) is 71.3 Å². The summed E-state index contributed by atoms with van der Waals surface area (Å²) < 4.78 is 19.4. The molecular weight excluding hydrogens is 482 g/mol. The highest BCUT2D eigenvalue weighted by atomic mass is 35.5. The lowest BCUT2D eigenvalue weighted by Gasteiger charge is -2.42. The van der Waals surface area contributed by atoms with Crippen LogP contribution in [0, 0.1) is 6.92 Å². The van der Waals surface area contributed by atoms with E-state index in [2.05, 4.69) is 14.5 Å². The number of aryl methyl sites for hydroxylation is 2. The second kappa shape index (κ2) is 12.0. The van der Waals surface area contributed by atoms with Gasteiger partial charge in [-0.1, -0.05) is 17.7 Å².